The molecule has 1 aliphatic heterocycles. The van der Waals surface area contributed by atoms with E-state index in [0.29, 0.717) is 37.9 Å². The van der Waals surface area contributed by atoms with Crippen LogP contribution in [-0.2, 0) is 16.0 Å². The van der Waals surface area contributed by atoms with Crippen molar-refractivity contribution in [2.75, 3.05) is 33.3 Å². The van der Waals surface area contributed by atoms with Gasteiger partial charge in [0.25, 0.3) is 5.91 Å². The number of ether oxygens (including phenoxy) is 2. The van der Waals surface area contributed by atoms with Crippen molar-refractivity contribution in [3.8, 4) is 0 Å². The predicted octanol–water partition coefficient (Wildman–Crippen LogP) is 3.34. The molecule has 1 aromatic rings. The minimum absolute atomic E-state index is 0.0673. The number of nitrogens with one attached hydrogen (secondary N) is 2. The van der Waals surface area contributed by atoms with Gasteiger partial charge in [0, 0.05) is 38.8 Å². The number of carbonyl (C=O) groups excluding carboxylic acids is 1. The van der Waals surface area contributed by atoms with Crippen LogP contribution in [0.4, 0.5) is 0 Å². The Bertz CT molecular complexity index is 719. The second-order valence-corrected chi connectivity index (χ2v) is 9.00. The second-order valence-electron chi connectivity index (χ2n) is 9.00. The lowest BCUT2D eigenvalue weighted by Crippen LogP contribution is -2.48. The maximum Gasteiger partial charge on any atom is 0.254 e. The lowest BCUT2D eigenvalue weighted by Gasteiger charge is -2.35. The molecule has 2 N–H and O–H groups in total. The molecule has 1 saturated heterocycles. The summed E-state index contributed by atoms with van der Waals surface area (Å²) in [5.41, 5.74) is 1.82. The van der Waals surface area contributed by atoms with Crippen molar-refractivity contribution < 1.29 is 14.3 Å². The zero-order valence-electron chi connectivity index (χ0n) is 19.9. The summed E-state index contributed by atoms with van der Waals surface area (Å²) in [7, 11) is 1.77. The van der Waals surface area contributed by atoms with Crippen LogP contribution in [0.3, 0.4) is 0 Å². The van der Waals surface area contributed by atoms with Gasteiger partial charge in [0.15, 0.2) is 5.96 Å². The van der Waals surface area contributed by atoms with Crippen molar-refractivity contribution in [2.24, 2.45) is 4.99 Å². The molecular formula is C25H40N4O3. The number of morpholine rings is 1. The molecule has 32 heavy (non-hydrogen) atoms. The summed E-state index contributed by atoms with van der Waals surface area (Å²) < 4.78 is 11.8. The second kappa shape index (κ2) is 12.8. The summed E-state index contributed by atoms with van der Waals surface area (Å²) >= 11 is 0. The van der Waals surface area contributed by atoms with Gasteiger partial charge >= 0.3 is 0 Å². The molecule has 2 atom stereocenters. The molecule has 0 aromatic heterocycles. The third-order valence-electron chi connectivity index (χ3n) is 6.14. The molecule has 7 nitrogen and oxygen atoms in total. The molecule has 0 bridgehead atoms. The quantitative estimate of drug-likeness (QED) is 0.292. The Kier molecular flexibility index (Phi) is 9.81. The molecule has 0 radical (unpaired) electrons. The van der Waals surface area contributed by atoms with Gasteiger partial charge in [0.2, 0.25) is 0 Å². The van der Waals surface area contributed by atoms with E-state index < -0.39 is 0 Å². The molecule has 2 unspecified atom stereocenters. The summed E-state index contributed by atoms with van der Waals surface area (Å²) in [5.74, 6) is 0.823. The van der Waals surface area contributed by atoms with E-state index in [1.807, 2.05) is 43.0 Å². The summed E-state index contributed by atoms with van der Waals surface area (Å²) in [6.45, 7) is 7.37. The molecule has 178 valence electrons. The first-order valence-electron chi connectivity index (χ1n) is 12.1. The number of benzene rings is 1. The number of rotatable bonds is 7. The predicted molar refractivity (Wildman–Crippen MR) is 128 cm³/mol. The Labute approximate surface area is 192 Å². The number of hydrogen-bond donors (Lipinski definition) is 2. The molecule has 7 heteroatoms. The van der Waals surface area contributed by atoms with E-state index in [1.54, 1.807) is 7.05 Å². The molecule has 1 aliphatic carbocycles. The number of hydrogen-bond acceptors (Lipinski definition) is 4. The SMILES string of the molecule is CN=C(NCCOC1CCCCCC1)NCc1ccc(C(=O)N2CC(C)OC(C)C2)cc1. The van der Waals surface area contributed by atoms with Gasteiger partial charge in [-0.25, -0.2) is 0 Å². The normalized spacial score (nSPS) is 23.0. The minimum atomic E-state index is 0.0673. The first-order chi connectivity index (χ1) is 15.5. The van der Waals surface area contributed by atoms with E-state index >= 15 is 0 Å². The van der Waals surface area contributed by atoms with Gasteiger partial charge in [-0.2, -0.15) is 0 Å². The summed E-state index contributed by atoms with van der Waals surface area (Å²) in [4.78, 5) is 19.0. The van der Waals surface area contributed by atoms with E-state index in [1.165, 1.54) is 38.5 Å². The first-order valence-corrected chi connectivity index (χ1v) is 12.1. The number of nitrogens with zero attached hydrogens (tertiary/aromatic N) is 2. The molecule has 2 fully saturated rings. The maximum absolute atomic E-state index is 12.8. The monoisotopic (exact) mass is 444 g/mol. The van der Waals surface area contributed by atoms with Crippen molar-refractivity contribution in [2.45, 2.75) is 77.2 Å². The van der Waals surface area contributed by atoms with Crippen LogP contribution >= 0.6 is 0 Å². The van der Waals surface area contributed by atoms with Crippen LogP contribution in [0, 0.1) is 0 Å². The van der Waals surface area contributed by atoms with Gasteiger partial charge < -0.3 is 25.0 Å². The number of carbonyl (C=O) groups is 1. The highest BCUT2D eigenvalue weighted by Gasteiger charge is 2.26. The highest BCUT2D eigenvalue weighted by Crippen LogP contribution is 2.19. The van der Waals surface area contributed by atoms with E-state index in [0.717, 1.165) is 18.1 Å². The lowest BCUT2D eigenvalue weighted by atomic mass is 10.1. The first kappa shape index (κ1) is 24.5. The van der Waals surface area contributed by atoms with E-state index in [-0.39, 0.29) is 18.1 Å². The van der Waals surface area contributed by atoms with Gasteiger partial charge in [-0.1, -0.05) is 37.8 Å². The molecule has 2 aliphatic rings. The summed E-state index contributed by atoms with van der Waals surface area (Å²) in [6.07, 6.45) is 8.20. The zero-order chi connectivity index (χ0) is 22.8. The average Bonchev–Trinajstić information content (AvgIpc) is 3.07. The van der Waals surface area contributed by atoms with E-state index in [2.05, 4.69) is 15.6 Å². The summed E-state index contributed by atoms with van der Waals surface area (Å²) in [6, 6.07) is 7.80. The number of amides is 1. The van der Waals surface area contributed by atoms with Gasteiger partial charge in [0.1, 0.15) is 0 Å². The molecule has 1 saturated carbocycles. The van der Waals surface area contributed by atoms with Crippen LogP contribution in [0.15, 0.2) is 29.3 Å². The topological polar surface area (TPSA) is 75.2 Å². The fourth-order valence-corrected chi connectivity index (χ4v) is 4.50. The van der Waals surface area contributed by atoms with Crippen LogP contribution in [0.2, 0.25) is 0 Å². The molecule has 1 aromatic carbocycles. The highest BCUT2D eigenvalue weighted by molar-refractivity contribution is 5.94. The van der Waals surface area contributed by atoms with Crippen molar-refractivity contribution in [3.05, 3.63) is 35.4 Å². The molecule has 3 rings (SSSR count). The number of aliphatic imine (C=N–C) groups is 1. The van der Waals surface area contributed by atoms with Crippen molar-refractivity contribution in [3.63, 3.8) is 0 Å². The summed E-state index contributed by atoms with van der Waals surface area (Å²) in [5, 5.41) is 6.65. The molecular weight excluding hydrogens is 404 g/mol. The molecule has 0 spiro atoms. The Morgan fingerprint density at radius 1 is 1.06 bits per heavy atom. The lowest BCUT2D eigenvalue weighted by molar-refractivity contribution is -0.0586. The third-order valence-corrected chi connectivity index (χ3v) is 6.14. The van der Waals surface area contributed by atoms with E-state index in [4.69, 9.17) is 9.47 Å². The van der Waals surface area contributed by atoms with Crippen LogP contribution in [0.1, 0.15) is 68.3 Å². The van der Waals surface area contributed by atoms with Crippen LogP contribution < -0.4 is 10.6 Å². The van der Waals surface area contributed by atoms with Gasteiger partial charge in [-0.15, -0.1) is 0 Å². The third kappa shape index (κ3) is 7.78. The van der Waals surface area contributed by atoms with Crippen LogP contribution in [0.5, 0.6) is 0 Å². The molecule has 1 heterocycles. The van der Waals surface area contributed by atoms with Crippen molar-refractivity contribution in [1.82, 2.24) is 15.5 Å². The molecule has 1 amide bonds. The van der Waals surface area contributed by atoms with E-state index in [9.17, 15) is 4.79 Å². The maximum atomic E-state index is 12.8. The van der Waals surface area contributed by atoms with Gasteiger partial charge in [-0.05, 0) is 44.4 Å². The minimum Gasteiger partial charge on any atom is -0.376 e. The Hall–Kier alpha value is -2.12. The Morgan fingerprint density at radius 2 is 1.72 bits per heavy atom. The number of guanidine groups is 1. The fourth-order valence-electron chi connectivity index (χ4n) is 4.50. The Morgan fingerprint density at radius 3 is 2.34 bits per heavy atom. The highest BCUT2D eigenvalue weighted by atomic mass is 16.5. The van der Waals surface area contributed by atoms with Crippen LogP contribution in [-0.4, -0.2) is 68.4 Å². The van der Waals surface area contributed by atoms with Gasteiger partial charge in [-0.3, -0.25) is 9.79 Å². The van der Waals surface area contributed by atoms with Crippen molar-refractivity contribution >= 4 is 11.9 Å². The standard InChI is InChI=1S/C25H40N4O3/c1-19-17-29(18-20(2)32-19)24(30)22-12-10-21(11-13-22)16-28-25(26-3)27-14-15-31-23-8-6-4-5-7-9-23/h10-13,19-20,23H,4-9,14-18H2,1-3H3,(H2,26,27,28). The largest absolute Gasteiger partial charge is 0.376 e. The fraction of sp³-hybridized carbons (Fsp3) is 0.680. The van der Waals surface area contributed by atoms with Gasteiger partial charge in [0.05, 0.1) is 24.9 Å². The average molecular weight is 445 g/mol. The Balaban J connectivity index is 1.39. The van der Waals surface area contributed by atoms with Crippen LogP contribution in [0.25, 0.3) is 0 Å². The smallest absolute Gasteiger partial charge is 0.254 e. The zero-order valence-corrected chi connectivity index (χ0v) is 19.9. The van der Waals surface area contributed by atoms with Crippen molar-refractivity contribution in [1.29, 1.82) is 0 Å².